The molecule has 0 saturated heterocycles. The summed E-state index contributed by atoms with van der Waals surface area (Å²) in [5.74, 6) is -0.547. The molecule has 0 spiro atoms. The maximum atomic E-state index is 10.9. The van der Waals surface area contributed by atoms with Gasteiger partial charge in [0.25, 0.3) is 0 Å². The SMILES string of the molecule is COCCOCCOc1cc(C)sc1C(=O)O. The third-order valence-electron chi connectivity index (χ3n) is 1.93. The van der Waals surface area contributed by atoms with E-state index in [2.05, 4.69) is 0 Å². The topological polar surface area (TPSA) is 65.0 Å². The molecule has 0 atom stereocenters. The summed E-state index contributed by atoms with van der Waals surface area (Å²) < 4.78 is 15.4. The molecule has 0 saturated carbocycles. The van der Waals surface area contributed by atoms with Crippen LogP contribution in [0.1, 0.15) is 14.5 Å². The van der Waals surface area contributed by atoms with E-state index >= 15 is 0 Å². The van der Waals surface area contributed by atoms with E-state index in [0.29, 0.717) is 32.2 Å². The van der Waals surface area contributed by atoms with Crippen molar-refractivity contribution < 1.29 is 24.1 Å². The van der Waals surface area contributed by atoms with E-state index in [1.54, 1.807) is 13.2 Å². The van der Waals surface area contributed by atoms with Crippen molar-refractivity contribution >= 4 is 17.3 Å². The average molecular weight is 260 g/mol. The monoisotopic (exact) mass is 260 g/mol. The van der Waals surface area contributed by atoms with Crippen LogP contribution in [0.2, 0.25) is 0 Å². The zero-order chi connectivity index (χ0) is 12.7. The van der Waals surface area contributed by atoms with Crippen LogP contribution in [0.15, 0.2) is 6.07 Å². The molecule has 0 radical (unpaired) electrons. The number of methoxy groups -OCH3 is 1. The first-order valence-electron chi connectivity index (χ1n) is 5.18. The molecule has 0 fully saturated rings. The summed E-state index contributed by atoms with van der Waals surface area (Å²) in [4.78, 5) is 12.0. The van der Waals surface area contributed by atoms with E-state index in [9.17, 15) is 4.79 Å². The molecule has 0 amide bonds. The highest BCUT2D eigenvalue weighted by Crippen LogP contribution is 2.28. The van der Waals surface area contributed by atoms with Crippen LogP contribution < -0.4 is 4.74 Å². The molecule has 0 unspecified atom stereocenters. The molecule has 1 aromatic heterocycles. The zero-order valence-corrected chi connectivity index (χ0v) is 10.7. The number of thiophene rings is 1. The lowest BCUT2D eigenvalue weighted by Crippen LogP contribution is -2.10. The van der Waals surface area contributed by atoms with Crippen molar-refractivity contribution in [1.82, 2.24) is 0 Å². The van der Waals surface area contributed by atoms with Gasteiger partial charge in [-0.3, -0.25) is 0 Å². The van der Waals surface area contributed by atoms with Crippen LogP contribution in [0.5, 0.6) is 5.75 Å². The first kappa shape index (κ1) is 14.0. The standard InChI is InChI=1S/C11H16O5S/c1-8-7-9(10(17-8)11(12)13)16-6-5-15-4-3-14-2/h7H,3-6H2,1-2H3,(H,12,13). The molecular formula is C11H16O5S. The summed E-state index contributed by atoms with van der Waals surface area (Å²) in [6, 6.07) is 1.73. The highest BCUT2D eigenvalue weighted by molar-refractivity contribution is 7.14. The molecule has 6 heteroatoms. The molecule has 0 aliphatic carbocycles. The Morgan fingerprint density at radius 3 is 2.71 bits per heavy atom. The molecular weight excluding hydrogens is 244 g/mol. The van der Waals surface area contributed by atoms with Crippen molar-refractivity contribution in [3.63, 3.8) is 0 Å². The number of hydrogen-bond donors (Lipinski definition) is 1. The molecule has 1 N–H and O–H groups in total. The van der Waals surface area contributed by atoms with Gasteiger partial charge in [0.2, 0.25) is 0 Å². The summed E-state index contributed by atoms with van der Waals surface area (Å²) in [6.45, 7) is 3.64. The Morgan fingerprint density at radius 2 is 2.06 bits per heavy atom. The lowest BCUT2D eigenvalue weighted by Gasteiger charge is -2.06. The highest BCUT2D eigenvalue weighted by Gasteiger charge is 2.14. The van der Waals surface area contributed by atoms with E-state index in [1.165, 1.54) is 11.3 Å². The lowest BCUT2D eigenvalue weighted by atomic mass is 10.4. The average Bonchev–Trinajstić information content (AvgIpc) is 2.65. The fourth-order valence-corrected chi connectivity index (χ4v) is 2.00. The molecule has 5 nitrogen and oxygen atoms in total. The molecule has 0 aromatic carbocycles. The van der Waals surface area contributed by atoms with Crippen molar-refractivity contribution in [2.24, 2.45) is 0 Å². The number of carboxylic acid groups (broad SMARTS) is 1. The second kappa shape index (κ2) is 7.26. The quantitative estimate of drug-likeness (QED) is 0.722. The maximum absolute atomic E-state index is 10.9. The Bertz CT molecular complexity index is 361. The molecule has 1 heterocycles. The molecule has 0 aliphatic heterocycles. The lowest BCUT2D eigenvalue weighted by molar-refractivity contribution is 0.0537. The number of carbonyl (C=O) groups is 1. The minimum absolute atomic E-state index is 0.236. The second-order valence-corrected chi connectivity index (χ2v) is 4.57. The molecule has 1 rings (SSSR count). The van der Waals surface area contributed by atoms with Gasteiger partial charge in [0, 0.05) is 12.0 Å². The number of carboxylic acids is 1. The van der Waals surface area contributed by atoms with E-state index in [1.807, 2.05) is 6.92 Å². The van der Waals surface area contributed by atoms with Gasteiger partial charge >= 0.3 is 5.97 Å². The third kappa shape index (κ3) is 4.72. The van der Waals surface area contributed by atoms with E-state index < -0.39 is 5.97 Å². The number of aryl methyl sites for hydroxylation is 1. The third-order valence-corrected chi connectivity index (χ3v) is 2.95. The van der Waals surface area contributed by atoms with Crippen LogP contribution >= 0.6 is 11.3 Å². The summed E-state index contributed by atoms with van der Waals surface area (Å²) >= 11 is 1.21. The number of rotatable bonds is 8. The Morgan fingerprint density at radius 1 is 1.35 bits per heavy atom. The van der Waals surface area contributed by atoms with Crippen molar-refractivity contribution in [2.75, 3.05) is 33.5 Å². The van der Waals surface area contributed by atoms with Gasteiger partial charge < -0.3 is 19.3 Å². The fraction of sp³-hybridized carbons (Fsp3) is 0.545. The van der Waals surface area contributed by atoms with Crippen LogP contribution in [0.25, 0.3) is 0 Å². The zero-order valence-electron chi connectivity index (χ0n) is 9.89. The van der Waals surface area contributed by atoms with Crippen LogP contribution in [-0.4, -0.2) is 44.6 Å². The predicted molar refractivity (Wildman–Crippen MR) is 64.2 cm³/mol. The van der Waals surface area contributed by atoms with E-state index in [0.717, 1.165) is 4.88 Å². The Kier molecular flexibility index (Phi) is 5.96. The Labute approximate surface area is 104 Å². The molecule has 0 aliphatic rings. The van der Waals surface area contributed by atoms with Crippen molar-refractivity contribution in [3.05, 3.63) is 15.8 Å². The summed E-state index contributed by atoms with van der Waals surface area (Å²) in [5, 5.41) is 8.93. The van der Waals surface area contributed by atoms with Gasteiger partial charge in [-0.2, -0.15) is 0 Å². The normalized spacial score (nSPS) is 10.5. The van der Waals surface area contributed by atoms with Gasteiger partial charge in [0.1, 0.15) is 12.4 Å². The van der Waals surface area contributed by atoms with Crippen LogP contribution in [0.4, 0.5) is 0 Å². The molecule has 0 bridgehead atoms. The largest absolute Gasteiger partial charge is 0.489 e. The number of aromatic carboxylic acids is 1. The minimum atomic E-state index is -0.960. The van der Waals surface area contributed by atoms with Gasteiger partial charge in [0.05, 0.1) is 19.8 Å². The van der Waals surface area contributed by atoms with E-state index in [4.69, 9.17) is 19.3 Å². The summed E-state index contributed by atoms with van der Waals surface area (Å²) in [6.07, 6.45) is 0. The number of ether oxygens (including phenoxy) is 3. The molecule has 17 heavy (non-hydrogen) atoms. The van der Waals surface area contributed by atoms with Crippen molar-refractivity contribution in [2.45, 2.75) is 6.92 Å². The maximum Gasteiger partial charge on any atom is 0.349 e. The van der Waals surface area contributed by atoms with Crippen molar-refractivity contribution in [3.8, 4) is 5.75 Å². The van der Waals surface area contributed by atoms with Gasteiger partial charge in [-0.1, -0.05) is 0 Å². The molecule has 96 valence electrons. The first-order chi connectivity index (χ1) is 8.15. The smallest absolute Gasteiger partial charge is 0.349 e. The van der Waals surface area contributed by atoms with Crippen molar-refractivity contribution in [1.29, 1.82) is 0 Å². The fourth-order valence-electron chi connectivity index (χ4n) is 1.20. The molecule has 1 aromatic rings. The number of hydrogen-bond acceptors (Lipinski definition) is 5. The van der Waals surface area contributed by atoms with Gasteiger partial charge in [-0.05, 0) is 13.0 Å². The Hall–Kier alpha value is -1.11. The van der Waals surface area contributed by atoms with Crippen LogP contribution in [0, 0.1) is 6.92 Å². The predicted octanol–water partition coefficient (Wildman–Crippen LogP) is 1.80. The highest BCUT2D eigenvalue weighted by atomic mass is 32.1. The minimum Gasteiger partial charge on any atom is -0.489 e. The van der Waals surface area contributed by atoms with Gasteiger partial charge in [-0.15, -0.1) is 11.3 Å². The second-order valence-electron chi connectivity index (χ2n) is 3.31. The first-order valence-corrected chi connectivity index (χ1v) is 6.00. The summed E-state index contributed by atoms with van der Waals surface area (Å²) in [5.41, 5.74) is 0. The summed E-state index contributed by atoms with van der Waals surface area (Å²) in [7, 11) is 1.60. The van der Waals surface area contributed by atoms with E-state index in [-0.39, 0.29) is 4.88 Å². The van der Waals surface area contributed by atoms with Gasteiger partial charge in [-0.25, -0.2) is 4.79 Å². The van der Waals surface area contributed by atoms with Gasteiger partial charge in [0.15, 0.2) is 4.88 Å². The Balaban J connectivity index is 2.33. The van der Waals surface area contributed by atoms with Crippen LogP contribution in [-0.2, 0) is 9.47 Å². The van der Waals surface area contributed by atoms with Crippen LogP contribution in [0.3, 0.4) is 0 Å².